The Morgan fingerprint density at radius 3 is 2.75 bits per heavy atom. The monoisotopic (exact) mass is 282 g/mol. The number of carboxylic acids is 1. The Morgan fingerprint density at radius 2 is 2.10 bits per heavy atom. The number of fused-ring (bicyclic) bond motifs is 1. The first kappa shape index (κ1) is 13.7. The number of amides is 2. The smallest absolute Gasteiger partial charge is 0.326 e. The molecule has 1 saturated carbocycles. The zero-order valence-electron chi connectivity index (χ0n) is 11.7. The van der Waals surface area contributed by atoms with Gasteiger partial charge in [-0.05, 0) is 38.0 Å². The van der Waals surface area contributed by atoms with E-state index in [4.69, 9.17) is 4.74 Å². The molecule has 2 saturated heterocycles. The van der Waals surface area contributed by atoms with Crippen LogP contribution in [0.25, 0.3) is 0 Å². The molecule has 20 heavy (non-hydrogen) atoms. The highest BCUT2D eigenvalue weighted by atomic mass is 16.5. The van der Waals surface area contributed by atoms with E-state index in [0.29, 0.717) is 19.1 Å². The molecular formula is C14H22N2O4. The minimum atomic E-state index is -0.870. The Bertz CT molecular complexity index is 414. The maximum atomic E-state index is 12.4. The number of ether oxygens (including phenoxy) is 1. The van der Waals surface area contributed by atoms with Crippen molar-refractivity contribution in [3.63, 3.8) is 0 Å². The first-order valence-corrected chi connectivity index (χ1v) is 7.49. The van der Waals surface area contributed by atoms with Gasteiger partial charge in [0.2, 0.25) is 0 Å². The summed E-state index contributed by atoms with van der Waals surface area (Å²) in [5, 5.41) is 12.4. The number of aliphatic carboxylic acids is 1. The van der Waals surface area contributed by atoms with Crippen molar-refractivity contribution in [2.75, 3.05) is 13.2 Å². The molecule has 0 bridgehead atoms. The second-order valence-electron chi connectivity index (χ2n) is 6.21. The predicted octanol–water partition coefficient (Wildman–Crippen LogP) is 1.06. The molecule has 6 heteroatoms. The van der Waals surface area contributed by atoms with Crippen LogP contribution in [0, 0.1) is 11.8 Å². The van der Waals surface area contributed by atoms with Crippen LogP contribution < -0.4 is 5.32 Å². The number of carbonyl (C=O) groups is 2. The van der Waals surface area contributed by atoms with Crippen molar-refractivity contribution in [2.24, 2.45) is 11.8 Å². The van der Waals surface area contributed by atoms with Crippen molar-refractivity contribution in [1.82, 2.24) is 10.2 Å². The molecule has 5 unspecified atom stereocenters. The lowest BCUT2D eigenvalue weighted by atomic mass is 9.94. The summed E-state index contributed by atoms with van der Waals surface area (Å²) >= 11 is 0. The number of carbonyl (C=O) groups excluding carboxylic acids is 1. The van der Waals surface area contributed by atoms with E-state index in [1.165, 1.54) is 4.90 Å². The van der Waals surface area contributed by atoms with E-state index in [0.717, 1.165) is 25.7 Å². The normalized spacial score (nSPS) is 39.9. The van der Waals surface area contributed by atoms with Gasteiger partial charge in [0.1, 0.15) is 6.04 Å². The number of urea groups is 1. The van der Waals surface area contributed by atoms with Crippen molar-refractivity contribution in [3.8, 4) is 0 Å². The minimum Gasteiger partial charge on any atom is -0.480 e. The largest absolute Gasteiger partial charge is 0.480 e. The topological polar surface area (TPSA) is 78.9 Å². The summed E-state index contributed by atoms with van der Waals surface area (Å²) in [5.74, 6) is -0.375. The molecule has 2 N–H and O–H groups in total. The lowest BCUT2D eigenvalue weighted by Gasteiger charge is -2.27. The average molecular weight is 282 g/mol. The zero-order chi connectivity index (χ0) is 14.3. The number of nitrogens with one attached hydrogen (secondary N) is 1. The predicted molar refractivity (Wildman–Crippen MR) is 71.3 cm³/mol. The molecule has 0 radical (unpaired) electrons. The van der Waals surface area contributed by atoms with Crippen LogP contribution in [0.2, 0.25) is 0 Å². The molecule has 5 atom stereocenters. The zero-order valence-corrected chi connectivity index (χ0v) is 11.7. The molecule has 2 heterocycles. The van der Waals surface area contributed by atoms with Gasteiger partial charge in [-0.3, -0.25) is 0 Å². The van der Waals surface area contributed by atoms with Crippen LogP contribution in [0.5, 0.6) is 0 Å². The van der Waals surface area contributed by atoms with Gasteiger partial charge in [0.15, 0.2) is 0 Å². The van der Waals surface area contributed by atoms with E-state index < -0.39 is 12.0 Å². The average Bonchev–Trinajstić information content (AvgIpc) is 3.04. The van der Waals surface area contributed by atoms with Crippen molar-refractivity contribution in [3.05, 3.63) is 0 Å². The molecule has 1 aliphatic carbocycles. The Kier molecular flexibility index (Phi) is 3.58. The van der Waals surface area contributed by atoms with Crippen molar-refractivity contribution in [2.45, 2.75) is 50.8 Å². The molecule has 3 aliphatic rings. The van der Waals surface area contributed by atoms with Gasteiger partial charge in [0, 0.05) is 13.2 Å². The minimum absolute atomic E-state index is 0.00242. The summed E-state index contributed by atoms with van der Waals surface area (Å²) in [7, 11) is 0. The highest BCUT2D eigenvalue weighted by Gasteiger charge is 2.49. The molecule has 2 aliphatic heterocycles. The Labute approximate surface area is 118 Å². The third-order valence-corrected chi connectivity index (χ3v) is 5.09. The van der Waals surface area contributed by atoms with Crippen LogP contribution in [0.1, 0.15) is 32.6 Å². The fourth-order valence-corrected chi connectivity index (χ4v) is 3.99. The Balaban J connectivity index is 1.68. The van der Waals surface area contributed by atoms with Crippen molar-refractivity contribution < 1.29 is 19.4 Å². The van der Waals surface area contributed by atoms with Gasteiger partial charge < -0.3 is 20.1 Å². The molecule has 0 aromatic rings. The van der Waals surface area contributed by atoms with E-state index in [1.807, 2.05) is 6.92 Å². The fourth-order valence-electron chi connectivity index (χ4n) is 3.99. The standard InChI is InChI=1S/C14H22N2O4/c1-8-11(5-6-20-8)15-14(19)16-7-9-3-2-4-10(9)12(16)13(17)18/h8-12H,2-7H2,1H3,(H,15,19)(H,17,18). The fraction of sp³-hybridized carbons (Fsp3) is 0.857. The van der Waals surface area contributed by atoms with Crippen molar-refractivity contribution in [1.29, 1.82) is 0 Å². The first-order valence-electron chi connectivity index (χ1n) is 7.49. The lowest BCUT2D eigenvalue weighted by Crippen LogP contribution is -2.51. The molecule has 6 nitrogen and oxygen atoms in total. The van der Waals surface area contributed by atoms with E-state index in [-0.39, 0.29) is 24.1 Å². The molecule has 3 rings (SSSR count). The van der Waals surface area contributed by atoms with E-state index in [9.17, 15) is 14.7 Å². The van der Waals surface area contributed by atoms with Gasteiger partial charge in [-0.1, -0.05) is 6.42 Å². The number of nitrogens with zero attached hydrogens (tertiary/aromatic N) is 1. The summed E-state index contributed by atoms with van der Waals surface area (Å²) in [5.41, 5.74) is 0. The van der Waals surface area contributed by atoms with Crippen LogP contribution in [-0.4, -0.2) is 53.3 Å². The molecule has 112 valence electrons. The molecule has 2 amide bonds. The van der Waals surface area contributed by atoms with E-state index in [2.05, 4.69) is 5.32 Å². The van der Waals surface area contributed by atoms with Gasteiger partial charge in [-0.25, -0.2) is 9.59 Å². The van der Waals surface area contributed by atoms with Crippen LogP contribution >= 0.6 is 0 Å². The quantitative estimate of drug-likeness (QED) is 0.793. The lowest BCUT2D eigenvalue weighted by molar-refractivity contribution is -0.142. The second kappa shape index (κ2) is 5.24. The van der Waals surface area contributed by atoms with Gasteiger partial charge >= 0.3 is 12.0 Å². The molecule has 0 aromatic carbocycles. The van der Waals surface area contributed by atoms with Gasteiger partial charge in [-0.2, -0.15) is 0 Å². The van der Waals surface area contributed by atoms with E-state index in [1.54, 1.807) is 0 Å². The molecule has 3 fully saturated rings. The number of likely N-dealkylation sites (tertiary alicyclic amines) is 1. The third kappa shape index (κ3) is 2.26. The van der Waals surface area contributed by atoms with Crippen LogP contribution in [-0.2, 0) is 9.53 Å². The molecular weight excluding hydrogens is 260 g/mol. The summed E-state index contributed by atoms with van der Waals surface area (Å²) in [6, 6.07) is -0.897. The van der Waals surface area contributed by atoms with Gasteiger partial charge in [0.05, 0.1) is 12.1 Å². The Hall–Kier alpha value is -1.30. The number of carboxylic acid groups (broad SMARTS) is 1. The number of hydrogen-bond donors (Lipinski definition) is 2. The number of rotatable bonds is 2. The maximum absolute atomic E-state index is 12.4. The van der Waals surface area contributed by atoms with Gasteiger partial charge in [-0.15, -0.1) is 0 Å². The number of hydrogen-bond acceptors (Lipinski definition) is 3. The molecule has 0 aromatic heterocycles. The maximum Gasteiger partial charge on any atom is 0.326 e. The van der Waals surface area contributed by atoms with Crippen LogP contribution in [0.4, 0.5) is 4.79 Å². The van der Waals surface area contributed by atoms with Crippen LogP contribution in [0.3, 0.4) is 0 Å². The first-order chi connectivity index (χ1) is 9.58. The van der Waals surface area contributed by atoms with E-state index >= 15 is 0 Å². The van der Waals surface area contributed by atoms with Crippen LogP contribution in [0.15, 0.2) is 0 Å². The summed E-state index contributed by atoms with van der Waals surface area (Å²) in [6.07, 6.45) is 3.85. The van der Waals surface area contributed by atoms with Gasteiger partial charge in [0.25, 0.3) is 0 Å². The highest BCUT2D eigenvalue weighted by molar-refractivity contribution is 5.84. The SMILES string of the molecule is CC1OCCC1NC(=O)N1CC2CCCC2C1C(=O)O. The highest BCUT2D eigenvalue weighted by Crippen LogP contribution is 2.42. The summed E-state index contributed by atoms with van der Waals surface area (Å²) in [4.78, 5) is 25.4. The molecule has 0 spiro atoms. The Morgan fingerprint density at radius 1 is 1.30 bits per heavy atom. The van der Waals surface area contributed by atoms with Crippen molar-refractivity contribution >= 4 is 12.0 Å². The summed E-state index contributed by atoms with van der Waals surface area (Å²) < 4.78 is 5.43. The second-order valence-corrected chi connectivity index (χ2v) is 6.21. The summed E-state index contributed by atoms with van der Waals surface area (Å²) in [6.45, 7) is 3.17. The third-order valence-electron chi connectivity index (χ3n) is 5.09.